The average molecular weight is 1300 g/mol. The van der Waals surface area contributed by atoms with Crippen LogP contribution >= 0.6 is 11.6 Å². The number of aryl methyl sites for hydroxylation is 2. The number of carbonyl (C=O) groups is 2. The van der Waals surface area contributed by atoms with Crippen LogP contribution in [-0.4, -0.2) is 95.2 Å². The van der Waals surface area contributed by atoms with Gasteiger partial charge in [0.15, 0.2) is 34.9 Å². The van der Waals surface area contributed by atoms with Crippen molar-refractivity contribution in [3.63, 3.8) is 0 Å². The SMILES string of the molecule is COC(=O)[C@H]1[C@@H]2CC[C@@H](C2)[C@@H]1Cc1nc(Cl)ncc1F.COC(=O)[C@H]1[C@@H]2CC[C@@H](C2)[C@@H]1Nc1nc(-c2cn(S(=O)(=O)c3ccc(C)cc3)c3c(F)cc(F)cc23)ncc1F.Cc1ccc(S(=O)(=O)n2cc(B3OC(C)(C)C(C)(C)O3)c3cc(F)cc(F)c32)cc1. The summed E-state index contributed by atoms with van der Waals surface area (Å²) in [5.74, 6) is -5.40. The zero-order valence-electron chi connectivity index (χ0n) is 50.1. The highest BCUT2D eigenvalue weighted by atomic mass is 35.5. The predicted octanol–water partition coefficient (Wildman–Crippen LogP) is 11.5. The van der Waals surface area contributed by atoms with Crippen LogP contribution in [0.15, 0.2) is 107 Å². The minimum absolute atomic E-state index is 0.00538. The summed E-state index contributed by atoms with van der Waals surface area (Å²) in [5.41, 5.74) is 0.216. The summed E-state index contributed by atoms with van der Waals surface area (Å²) in [6.45, 7) is 11.0. The Hall–Kier alpha value is -7.39. The average Bonchev–Trinajstić information content (AvgIpc) is 1.58. The Bertz CT molecular complexity index is 4350. The van der Waals surface area contributed by atoms with E-state index in [1.807, 2.05) is 34.6 Å². The molecule has 4 aromatic carbocycles. The third-order valence-corrected chi connectivity index (χ3v) is 22.2. The van der Waals surface area contributed by atoms with Crippen molar-refractivity contribution in [2.45, 2.75) is 114 Å². The molecule has 90 heavy (non-hydrogen) atoms. The van der Waals surface area contributed by atoms with Crippen molar-refractivity contribution in [2.75, 3.05) is 19.5 Å². The van der Waals surface area contributed by atoms with Gasteiger partial charge in [-0.05, 0) is 164 Å². The van der Waals surface area contributed by atoms with Crippen LogP contribution in [0.1, 0.15) is 83.0 Å². The van der Waals surface area contributed by atoms with Gasteiger partial charge in [0.05, 0.1) is 70.7 Å². The number of carbonyl (C=O) groups excluding carboxylic acids is 2. The van der Waals surface area contributed by atoms with Crippen molar-refractivity contribution in [3.8, 4) is 11.4 Å². The molecule has 5 fully saturated rings. The summed E-state index contributed by atoms with van der Waals surface area (Å²) < 4.78 is 164. The highest BCUT2D eigenvalue weighted by Gasteiger charge is 2.54. The molecule has 13 rings (SSSR count). The topological polar surface area (TPSA) is 213 Å². The first kappa shape index (κ1) is 64.2. The molecule has 17 nitrogen and oxygen atoms in total. The molecule has 8 aromatic rings. The van der Waals surface area contributed by atoms with Crippen LogP contribution < -0.4 is 10.8 Å². The van der Waals surface area contributed by atoms with Gasteiger partial charge in [0.1, 0.15) is 17.2 Å². The fourth-order valence-electron chi connectivity index (χ4n) is 13.6. The second-order valence-electron chi connectivity index (χ2n) is 24.6. The third kappa shape index (κ3) is 11.9. The Kier molecular flexibility index (Phi) is 17.4. The molecule has 4 bridgehead atoms. The van der Waals surface area contributed by atoms with E-state index in [1.165, 1.54) is 44.7 Å². The lowest BCUT2D eigenvalue weighted by Crippen LogP contribution is -2.41. The lowest BCUT2D eigenvalue weighted by atomic mass is 9.77. The number of benzene rings is 4. The number of anilines is 1. The van der Waals surface area contributed by atoms with E-state index in [4.69, 9.17) is 30.4 Å². The molecule has 5 aliphatic rings. The molecule has 0 radical (unpaired) electrons. The van der Waals surface area contributed by atoms with Gasteiger partial charge in [-0.3, -0.25) is 9.59 Å². The van der Waals surface area contributed by atoms with Crippen molar-refractivity contribution >= 4 is 83.8 Å². The molecule has 4 aromatic heterocycles. The fourth-order valence-corrected chi connectivity index (χ4v) is 16.5. The summed E-state index contributed by atoms with van der Waals surface area (Å²) in [7, 11) is -6.71. The molecule has 474 valence electrons. The van der Waals surface area contributed by atoms with Gasteiger partial charge in [-0.2, -0.15) is 0 Å². The van der Waals surface area contributed by atoms with Crippen LogP contribution in [0.25, 0.3) is 33.2 Å². The van der Waals surface area contributed by atoms with Crippen LogP contribution in [0.2, 0.25) is 5.28 Å². The van der Waals surface area contributed by atoms with Crippen molar-refractivity contribution < 1.29 is 71.5 Å². The maximum Gasteiger partial charge on any atom is 0.497 e. The van der Waals surface area contributed by atoms with Gasteiger partial charge >= 0.3 is 19.1 Å². The lowest BCUT2D eigenvalue weighted by Gasteiger charge is -2.32. The van der Waals surface area contributed by atoms with E-state index in [2.05, 4.69) is 25.3 Å². The second-order valence-corrected chi connectivity index (χ2v) is 28.6. The Morgan fingerprint density at radius 2 is 1.13 bits per heavy atom. The second kappa shape index (κ2) is 24.3. The van der Waals surface area contributed by atoms with Crippen LogP contribution in [0.3, 0.4) is 0 Å². The molecule has 0 unspecified atom stereocenters. The monoisotopic (exact) mass is 1300 g/mol. The molecule has 4 saturated carbocycles. The van der Waals surface area contributed by atoms with E-state index >= 15 is 4.39 Å². The predicted molar refractivity (Wildman–Crippen MR) is 322 cm³/mol. The maximum absolute atomic E-state index is 15.1. The van der Waals surface area contributed by atoms with E-state index in [-0.39, 0.29) is 89.6 Å². The number of methoxy groups -OCH3 is 2. The molecule has 1 aliphatic heterocycles. The molecule has 0 amide bonds. The quantitative estimate of drug-likeness (QED) is 0.0521. The third-order valence-electron chi connectivity index (χ3n) is 18.7. The van der Waals surface area contributed by atoms with E-state index < -0.39 is 90.7 Å². The van der Waals surface area contributed by atoms with Gasteiger partial charge in [-0.15, -0.1) is 0 Å². The molecule has 1 N–H and O–H groups in total. The van der Waals surface area contributed by atoms with Crippen LogP contribution in [-0.2, 0) is 54.8 Å². The number of nitrogens with one attached hydrogen (secondary N) is 1. The molecule has 27 heteroatoms. The fraction of sp³-hybridized carbons (Fsp3) is 0.397. The Labute approximate surface area is 521 Å². The molecule has 8 atom stereocenters. The first-order valence-electron chi connectivity index (χ1n) is 29.1. The molecule has 4 aliphatic carbocycles. The molecular weight excluding hydrogens is 1240 g/mol. The highest BCUT2D eigenvalue weighted by molar-refractivity contribution is 7.90. The van der Waals surface area contributed by atoms with E-state index in [0.717, 1.165) is 88.3 Å². The lowest BCUT2D eigenvalue weighted by molar-refractivity contribution is -0.149. The standard InChI is InChI=1S/C28H25F3N4O4S.C21H22BF2NO4S.C14H16ClFN2O2/c1-14-3-7-18(8-4-14)40(37,38)35-13-20(19-10-17(29)11-21(30)25(19)35)26-32-12-22(31)27(34-26)33-24-16-6-5-15(9-16)23(24)28(36)39-2;1-13-6-8-15(9-7-13)30(26,27)25-12-17(16-10-14(23)11-18(24)19(16)25)22-28-20(2,3)21(4,5)29-22;1-20-13(19)12-8-3-2-7(4-8)9(12)5-11-10(16)6-17-14(15)18-11/h3-4,7-8,10-13,15-16,23-24H,5-6,9H2,1-2H3,(H,32,33,34);6-12H,1-5H3;6-9,12H,2-5H2,1H3/t15-,16+,23+,24+;;7-,8+,9-,12-/m1.0/s1. The van der Waals surface area contributed by atoms with Crippen molar-refractivity contribution in [1.29, 1.82) is 0 Å². The van der Waals surface area contributed by atoms with Gasteiger partial charge in [0.2, 0.25) is 5.28 Å². The molecular formula is C63H63BClF6N7O10S2. The Balaban J connectivity index is 0.000000147. The van der Waals surface area contributed by atoms with Crippen molar-refractivity contribution in [1.82, 2.24) is 27.9 Å². The number of nitrogens with zero attached hydrogens (tertiary/aromatic N) is 6. The highest BCUT2D eigenvalue weighted by Crippen LogP contribution is 2.54. The van der Waals surface area contributed by atoms with Gasteiger partial charge in [-0.25, -0.2) is 71.1 Å². The maximum atomic E-state index is 15.1. The Morgan fingerprint density at radius 1 is 0.644 bits per heavy atom. The number of ether oxygens (including phenoxy) is 2. The summed E-state index contributed by atoms with van der Waals surface area (Å²) in [6.07, 6.45) is 10.5. The minimum Gasteiger partial charge on any atom is -0.469 e. The number of rotatable bonds is 12. The zero-order chi connectivity index (χ0) is 64.7. The van der Waals surface area contributed by atoms with Crippen molar-refractivity contribution in [3.05, 3.63) is 155 Å². The summed E-state index contributed by atoms with van der Waals surface area (Å²) in [6, 6.07) is 15.1. The van der Waals surface area contributed by atoms with E-state index in [1.54, 1.807) is 31.2 Å². The molecule has 5 heterocycles. The van der Waals surface area contributed by atoms with Gasteiger partial charge in [0, 0.05) is 52.4 Å². The normalized spacial score (nSPS) is 22.9. The van der Waals surface area contributed by atoms with Gasteiger partial charge in [0.25, 0.3) is 20.0 Å². The smallest absolute Gasteiger partial charge is 0.469 e. The van der Waals surface area contributed by atoms with Crippen molar-refractivity contribution in [2.24, 2.45) is 41.4 Å². The van der Waals surface area contributed by atoms with Gasteiger partial charge < -0.3 is 24.1 Å². The summed E-state index contributed by atoms with van der Waals surface area (Å²) in [5, 5.41) is 3.08. The molecule has 0 spiro atoms. The van der Waals surface area contributed by atoms with Crippen LogP contribution in [0.4, 0.5) is 32.2 Å². The molecule has 1 saturated heterocycles. The van der Waals surface area contributed by atoms with E-state index in [9.17, 15) is 48.4 Å². The number of fused-ring (bicyclic) bond motifs is 6. The first-order valence-corrected chi connectivity index (χ1v) is 32.4. The number of halogens is 7. The first-order chi connectivity index (χ1) is 42.5. The Morgan fingerprint density at radius 3 is 1.71 bits per heavy atom. The number of esters is 2. The van der Waals surface area contributed by atoms with Crippen LogP contribution in [0, 0.1) is 90.2 Å². The number of aromatic nitrogens is 6. The van der Waals surface area contributed by atoms with E-state index in [0.29, 0.717) is 36.1 Å². The largest absolute Gasteiger partial charge is 0.497 e. The summed E-state index contributed by atoms with van der Waals surface area (Å²) in [4.78, 5) is 40.3. The minimum atomic E-state index is -4.31. The summed E-state index contributed by atoms with van der Waals surface area (Å²) >= 11 is 5.73. The van der Waals surface area contributed by atoms with Crippen LogP contribution in [0.5, 0.6) is 0 Å². The zero-order valence-corrected chi connectivity index (χ0v) is 52.5. The number of hydrogen-bond donors (Lipinski definition) is 1. The number of hydrogen-bond acceptors (Lipinski definition) is 15. The van der Waals surface area contributed by atoms with Gasteiger partial charge in [-0.1, -0.05) is 35.4 Å².